The number of benzene rings is 1. The second-order valence-electron chi connectivity index (χ2n) is 4.73. The van der Waals surface area contributed by atoms with E-state index in [2.05, 4.69) is 29.8 Å². The number of hydrogen-bond acceptors (Lipinski definition) is 2. The Hall–Kier alpha value is -0.450. The van der Waals surface area contributed by atoms with Gasteiger partial charge in [-0.1, -0.05) is 29.8 Å². The minimum atomic E-state index is -0.643. The molecular weight excluding hydrogens is 285 g/mol. The molecule has 1 aromatic carbocycles. The Bertz CT molecular complexity index is 370. The van der Waals surface area contributed by atoms with Gasteiger partial charge in [0.2, 0.25) is 0 Å². The summed E-state index contributed by atoms with van der Waals surface area (Å²) in [6.45, 7) is 4.19. The molecule has 17 heavy (non-hydrogen) atoms. The Labute approximate surface area is 110 Å². The largest absolute Gasteiger partial charge is 0.391 e. The average Bonchev–Trinajstić information content (AvgIpc) is 2.28. The maximum absolute atomic E-state index is 13.1. The lowest BCUT2D eigenvalue weighted by molar-refractivity contribution is 0.128. The van der Waals surface area contributed by atoms with Crippen LogP contribution in [0.1, 0.15) is 38.3 Å². The van der Waals surface area contributed by atoms with Crippen molar-refractivity contribution in [1.82, 2.24) is 0 Å². The number of rotatable bonds is 5. The van der Waals surface area contributed by atoms with Crippen molar-refractivity contribution in [2.45, 2.75) is 38.8 Å². The van der Waals surface area contributed by atoms with Gasteiger partial charge < -0.3 is 10.8 Å². The van der Waals surface area contributed by atoms with Crippen molar-refractivity contribution >= 4 is 15.9 Å². The number of hydrogen-bond donors (Lipinski definition) is 2. The number of halogens is 2. The zero-order chi connectivity index (χ0) is 13.0. The van der Waals surface area contributed by atoms with Gasteiger partial charge in [0.05, 0.1) is 12.1 Å². The van der Waals surface area contributed by atoms with E-state index in [-0.39, 0.29) is 5.82 Å². The van der Waals surface area contributed by atoms with Crippen LogP contribution in [-0.4, -0.2) is 11.2 Å². The topological polar surface area (TPSA) is 46.2 Å². The molecule has 0 aliphatic heterocycles. The summed E-state index contributed by atoms with van der Waals surface area (Å²) >= 11 is 3.32. The van der Waals surface area contributed by atoms with E-state index < -0.39 is 12.1 Å². The van der Waals surface area contributed by atoms with Gasteiger partial charge in [0.15, 0.2) is 0 Å². The minimum absolute atomic E-state index is 0.338. The van der Waals surface area contributed by atoms with Gasteiger partial charge in [-0.3, -0.25) is 0 Å². The van der Waals surface area contributed by atoms with E-state index in [1.54, 1.807) is 6.07 Å². The fourth-order valence-corrected chi connectivity index (χ4v) is 2.17. The predicted octanol–water partition coefficient (Wildman–Crippen LogP) is 3.39. The molecule has 0 saturated carbocycles. The third-order valence-corrected chi connectivity index (χ3v) is 3.49. The molecule has 2 nitrogen and oxygen atoms in total. The van der Waals surface area contributed by atoms with Crippen LogP contribution in [0.2, 0.25) is 0 Å². The third kappa shape index (κ3) is 4.37. The van der Waals surface area contributed by atoms with Crippen LogP contribution in [0.5, 0.6) is 0 Å². The van der Waals surface area contributed by atoms with Crippen LogP contribution in [0.4, 0.5) is 4.39 Å². The lowest BCUT2D eigenvalue weighted by atomic mass is 9.96. The van der Waals surface area contributed by atoms with Gasteiger partial charge in [-0.15, -0.1) is 0 Å². The molecule has 0 saturated heterocycles. The molecule has 0 aromatic heterocycles. The van der Waals surface area contributed by atoms with Gasteiger partial charge in [0.25, 0.3) is 0 Å². The molecule has 0 unspecified atom stereocenters. The first-order valence-corrected chi connectivity index (χ1v) is 6.59. The molecular formula is C13H19BrFNO. The van der Waals surface area contributed by atoms with E-state index in [0.29, 0.717) is 17.9 Å². The summed E-state index contributed by atoms with van der Waals surface area (Å²) in [5, 5.41) is 9.97. The molecule has 0 aliphatic rings. The van der Waals surface area contributed by atoms with Gasteiger partial charge in [0.1, 0.15) is 5.82 Å². The summed E-state index contributed by atoms with van der Waals surface area (Å²) in [5.41, 5.74) is 6.56. The van der Waals surface area contributed by atoms with Crippen molar-refractivity contribution in [1.29, 1.82) is 0 Å². The van der Waals surface area contributed by atoms with Gasteiger partial charge in [0, 0.05) is 4.47 Å². The Morgan fingerprint density at radius 2 is 2.00 bits per heavy atom. The minimum Gasteiger partial charge on any atom is -0.391 e. The van der Waals surface area contributed by atoms with Crippen LogP contribution in [0.25, 0.3) is 0 Å². The van der Waals surface area contributed by atoms with Gasteiger partial charge in [-0.05, 0) is 42.5 Å². The van der Waals surface area contributed by atoms with Crippen LogP contribution in [0, 0.1) is 11.7 Å². The molecule has 0 amide bonds. The maximum atomic E-state index is 13.1. The molecule has 0 heterocycles. The summed E-state index contributed by atoms with van der Waals surface area (Å²) in [6, 6.07) is 3.78. The first-order valence-electron chi connectivity index (χ1n) is 5.80. The molecule has 1 rings (SSSR count). The number of aliphatic hydroxyl groups is 1. The molecule has 96 valence electrons. The van der Waals surface area contributed by atoms with Crippen LogP contribution in [0.15, 0.2) is 22.7 Å². The van der Waals surface area contributed by atoms with E-state index in [9.17, 15) is 9.50 Å². The molecule has 0 bridgehead atoms. The van der Waals surface area contributed by atoms with E-state index in [4.69, 9.17) is 5.73 Å². The monoisotopic (exact) mass is 303 g/mol. The Morgan fingerprint density at radius 3 is 2.59 bits per heavy atom. The number of nitrogens with two attached hydrogens (primary N) is 1. The average molecular weight is 304 g/mol. The summed E-state index contributed by atoms with van der Waals surface area (Å²) in [6.07, 6.45) is 0.888. The second-order valence-corrected chi connectivity index (χ2v) is 5.58. The smallest absolute Gasteiger partial charge is 0.123 e. The third-order valence-electron chi connectivity index (χ3n) is 2.77. The summed E-state index contributed by atoms with van der Waals surface area (Å²) < 4.78 is 13.9. The van der Waals surface area contributed by atoms with Crippen LogP contribution in [-0.2, 0) is 0 Å². The zero-order valence-electron chi connectivity index (χ0n) is 10.2. The van der Waals surface area contributed by atoms with Crippen molar-refractivity contribution in [2.75, 3.05) is 0 Å². The second kappa shape index (κ2) is 6.47. The number of aliphatic hydroxyl groups excluding tert-OH is 1. The molecule has 0 radical (unpaired) electrons. The molecule has 0 fully saturated rings. The summed E-state index contributed by atoms with van der Waals surface area (Å²) in [7, 11) is 0. The van der Waals surface area contributed by atoms with Crippen molar-refractivity contribution in [3.05, 3.63) is 34.1 Å². The highest BCUT2D eigenvalue weighted by Gasteiger charge is 2.19. The predicted molar refractivity (Wildman–Crippen MR) is 71.1 cm³/mol. The van der Waals surface area contributed by atoms with Gasteiger partial charge in [-0.2, -0.15) is 0 Å². The highest BCUT2D eigenvalue weighted by atomic mass is 79.9. The fourth-order valence-electron chi connectivity index (χ4n) is 1.66. The van der Waals surface area contributed by atoms with Crippen molar-refractivity contribution < 1.29 is 9.50 Å². The molecule has 4 heteroatoms. The summed E-state index contributed by atoms with van der Waals surface area (Å²) in [4.78, 5) is 0. The van der Waals surface area contributed by atoms with Crippen molar-refractivity contribution in [3.63, 3.8) is 0 Å². The van der Waals surface area contributed by atoms with Crippen molar-refractivity contribution in [3.8, 4) is 0 Å². The lowest BCUT2D eigenvalue weighted by Crippen LogP contribution is -2.27. The van der Waals surface area contributed by atoms with E-state index >= 15 is 0 Å². The van der Waals surface area contributed by atoms with Crippen LogP contribution < -0.4 is 5.73 Å². The Balaban J connectivity index is 2.74. The molecule has 3 N–H and O–H groups in total. The molecule has 0 aliphatic carbocycles. The van der Waals surface area contributed by atoms with E-state index in [0.717, 1.165) is 10.9 Å². The SMILES string of the molecule is CC(C)CC[C@@H](O)[C@@H](N)c1cc(F)ccc1Br. The standard InChI is InChI=1S/C13H19BrFNO/c1-8(2)3-6-12(17)13(16)10-7-9(15)4-5-11(10)14/h4-5,7-8,12-13,17H,3,6,16H2,1-2H3/t12-,13+/m1/s1. The summed E-state index contributed by atoms with van der Waals surface area (Å²) in [5.74, 6) is 0.183. The highest BCUT2D eigenvalue weighted by molar-refractivity contribution is 9.10. The lowest BCUT2D eigenvalue weighted by Gasteiger charge is -2.21. The highest BCUT2D eigenvalue weighted by Crippen LogP contribution is 2.27. The first kappa shape index (κ1) is 14.6. The van der Waals surface area contributed by atoms with Crippen LogP contribution >= 0.6 is 15.9 Å². The fraction of sp³-hybridized carbons (Fsp3) is 0.538. The van der Waals surface area contributed by atoms with Crippen LogP contribution in [0.3, 0.4) is 0 Å². The Morgan fingerprint density at radius 1 is 1.35 bits per heavy atom. The van der Waals surface area contributed by atoms with E-state index in [1.165, 1.54) is 12.1 Å². The normalized spacial score (nSPS) is 15.0. The molecule has 1 aromatic rings. The molecule has 0 spiro atoms. The quantitative estimate of drug-likeness (QED) is 0.876. The van der Waals surface area contributed by atoms with Crippen molar-refractivity contribution in [2.24, 2.45) is 11.7 Å². The molecule has 2 atom stereocenters. The maximum Gasteiger partial charge on any atom is 0.123 e. The van der Waals surface area contributed by atoms with E-state index in [1.807, 2.05) is 0 Å². The van der Waals surface area contributed by atoms with Gasteiger partial charge >= 0.3 is 0 Å². The Kier molecular flexibility index (Phi) is 5.56. The zero-order valence-corrected chi connectivity index (χ0v) is 11.7. The first-order chi connectivity index (χ1) is 7.91. The van der Waals surface area contributed by atoms with Gasteiger partial charge in [-0.25, -0.2) is 4.39 Å².